The highest BCUT2D eigenvalue weighted by Crippen LogP contribution is 2.37. The first-order valence-electron chi connectivity index (χ1n) is 6.07. The molecule has 0 saturated carbocycles. The van der Waals surface area contributed by atoms with E-state index in [1.54, 1.807) is 0 Å². The van der Waals surface area contributed by atoms with E-state index in [0.717, 1.165) is 12.1 Å². The van der Waals surface area contributed by atoms with Gasteiger partial charge in [0.25, 0.3) is 0 Å². The molecule has 1 aromatic carbocycles. The smallest absolute Gasteiger partial charge is 0.0731 e. The largest absolute Gasteiger partial charge is 0.375 e. The van der Waals surface area contributed by atoms with Gasteiger partial charge in [0, 0.05) is 13.2 Å². The van der Waals surface area contributed by atoms with Crippen LogP contribution in [0.4, 0.5) is 5.69 Å². The van der Waals surface area contributed by atoms with Gasteiger partial charge in [-0.25, -0.2) is 0 Å². The first-order valence-corrected chi connectivity index (χ1v) is 6.07. The van der Waals surface area contributed by atoms with Crippen LogP contribution in [0.25, 0.3) is 0 Å². The zero-order valence-corrected chi connectivity index (χ0v) is 10.2. The maximum atomic E-state index is 4.19. The van der Waals surface area contributed by atoms with E-state index in [0.29, 0.717) is 12.0 Å². The molecule has 0 fully saturated rings. The summed E-state index contributed by atoms with van der Waals surface area (Å²) in [5.41, 5.74) is 4.01. The number of hydrogen-bond donors (Lipinski definition) is 1. The van der Waals surface area contributed by atoms with Crippen molar-refractivity contribution in [2.75, 3.05) is 5.32 Å². The molecule has 0 saturated heterocycles. The van der Waals surface area contributed by atoms with E-state index in [1.807, 2.05) is 24.1 Å². The van der Waals surface area contributed by atoms with E-state index in [4.69, 9.17) is 0 Å². The summed E-state index contributed by atoms with van der Waals surface area (Å²) in [4.78, 5) is 0. The molecule has 1 aliphatic rings. The average molecular weight is 227 g/mol. The van der Waals surface area contributed by atoms with Gasteiger partial charge in [-0.2, -0.15) is 5.10 Å². The number of hydrogen-bond acceptors (Lipinski definition) is 2. The van der Waals surface area contributed by atoms with Crippen molar-refractivity contribution in [1.29, 1.82) is 0 Å². The highest BCUT2D eigenvalue weighted by atomic mass is 15.3. The van der Waals surface area contributed by atoms with Crippen molar-refractivity contribution in [3.05, 3.63) is 47.8 Å². The molecule has 3 nitrogen and oxygen atoms in total. The Bertz CT molecular complexity index is 530. The predicted molar refractivity (Wildman–Crippen MR) is 68.9 cm³/mol. The summed E-state index contributed by atoms with van der Waals surface area (Å²) in [6, 6.07) is 9.12. The van der Waals surface area contributed by atoms with Gasteiger partial charge >= 0.3 is 0 Å². The first-order chi connectivity index (χ1) is 8.24. The van der Waals surface area contributed by atoms with E-state index in [1.165, 1.54) is 11.1 Å². The second-order valence-corrected chi connectivity index (χ2v) is 4.90. The number of anilines is 1. The molecule has 3 rings (SSSR count). The van der Waals surface area contributed by atoms with Crippen molar-refractivity contribution in [3.63, 3.8) is 0 Å². The highest BCUT2D eigenvalue weighted by Gasteiger charge is 2.28. The van der Waals surface area contributed by atoms with Crippen molar-refractivity contribution in [3.8, 4) is 0 Å². The highest BCUT2D eigenvalue weighted by molar-refractivity contribution is 5.46. The van der Waals surface area contributed by atoms with Gasteiger partial charge in [0.2, 0.25) is 0 Å². The number of aryl methyl sites for hydroxylation is 1. The lowest BCUT2D eigenvalue weighted by atomic mass is 10.0. The molecule has 3 heteroatoms. The van der Waals surface area contributed by atoms with Crippen LogP contribution in [-0.4, -0.2) is 9.78 Å². The van der Waals surface area contributed by atoms with Gasteiger partial charge in [-0.1, -0.05) is 31.2 Å². The molecule has 0 aliphatic heterocycles. The minimum Gasteiger partial charge on any atom is -0.375 e. The molecule has 0 radical (unpaired) electrons. The Kier molecular flexibility index (Phi) is 2.39. The van der Waals surface area contributed by atoms with Crippen molar-refractivity contribution < 1.29 is 0 Å². The Labute approximate surface area is 101 Å². The Morgan fingerprint density at radius 2 is 2.18 bits per heavy atom. The van der Waals surface area contributed by atoms with Gasteiger partial charge in [-0.15, -0.1) is 0 Å². The van der Waals surface area contributed by atoms with Crippen LogP contribution in [0, 0.1) is 5.92 Å². The Hall–Kier alpha value is -1.77. The molecular weight excluding hydrogens is 210 g/mol. The van der Waals surface area contributed by atoms with E-state index >= 15 is 0 Å². The molecule has 2 aromatic rings. The van der Waals surface area contributed by atoms with Gasteiger partial charge in [-0.3, -0.25) is 4.68 Å². The molecule has 1 heterocycles. The fourth-order valence-electron chi connectivity index (χ4n) is 2.69. The van der Waals surface area contributed by atoms with Crippen LogP contribution in [0.1, 0.15) is 24.1 Å². The van der Waals surface area contributed by atoms with Crippen LogP contribution in [0.3, 0.4) is 0 Å². The number of aromatic nitrogens is 2. The SMILES string of the molecule is C[C@@H]1Cc2ccccc2[C@@H]1Nc1cnn(C)c1. The summed E-state index contributed by atoms with van der Waals surface area (Å²) in [7, 11) is 1.94. The average Bonchev–Trinajstić information content (AvgIpc) is 2.85. The van der Waals surface area contributed by atoms with Crippen LogP contribution in [0.2, 0.25) is 0 Å². The summed E-state index contributed by atoms with van der Waals surface area (Å²) in [6.07, 6.45) is 5.06. The molecule has 0 amide bonds. The Balaban J connectivity index is 1.88. The summed E-state index contributed by atoms with van der Waals surface area (Å²) in [6.45, 7) is 2.30. The molecule has 0 bridgehead atoms. The third-order valence-corrected chi connectivity index (χ3v) is 3.53. The minimum absolute atomic E-state index is 0.412. The maximum Gasteiger partial charge on any atom is 0.0731 e. The second-order valence-electron chi connectivity index (χ2n) is 4.90. The lowest BCUT2D eigenvalue weighted by molar-refractivity contribution is 0.542. The van der Waals surface area contributed by atoms with Crippen molar-refractivity contribution in [2.24, 2.45) is 13.0 Å². The molecule has 0 spiro atoms. The molecule has 0 unspecified atom stereocenters. The number of nitrogens with zero attached hydrogens (tertiary/aromatic N) is 2. The van der Waals surface area contributed by atoms with E-state index < -0.39 is 0 Å². The third-order valence-electron chi connectivity index (χ3n) is 3.53. The molecule has 88 valence electrons. The van der Waals surface area contributed by atoms with Crippen LogP contribution in [0.5, 0.6) is 0 Å². The number of rotatable bonds is 2. The normalized spacial score (nSPS) is 22.5. The van der Waals surface area contributed by atoms with E-state index in [-0.39, 0.29) is 0 Å². The summed E-state index contributed by atoms with van der Waals surface area (Å²) in [5.74, 6) is 0.632. The zero-order valence-electron chi connectivity index (χ0n) is 10.2. The van der Waals surface area contributed by atoms with Gasteiger partial charge < -0.3 is 5.32 Å². The lowest BCUT2D eigenvalue weighted by Crippen LogP contribution is -2.13. The Morgan fingerprint density at radius 3 is 2.94 bits per heavy atom. The van der Waals surface area contributed by atoms with E-state index in [2.05, 4.69) is 41.6 Å². The molecule has 1 N–H and O–H groups in total. The maximum absolute atomic E-state index is 4.19. The fourth-order valence-corrected chi connectivity index (χ4v) is 2.69. The summed E-state index contributed by atoms with van der Waals surface area (Å²) in [5, 5.41) is 7.78. The van der Waals surface area contributed by atoms with Gasteiger partial charge in [0.1, 0.15) is 0 Å². The molecule has 1 aromatic heterocycles. The summed E-state index contributed by atoms with van der Waals surface area (Å²) >= 11 is 0. The fraction of sp³-hybridized carbons (Fsp3) is 0.357. The minimum atomic E-state index is 0.412. The number of benzene rings is 1. The second kappa shape index (κ2) is 3.91. The van der Waals surface area contributed by atoms with Crippen LogP contribution in [0.15, 0.2) is 36.7 Å². The van der Waals surface area contributed by atoms with Crippen LogP contribution >= 0.6 is 0 Å². The van der Waals surface area contributed by atoms with Gasteiger partial charge in [0.15, 0.2) is 0 Å². The van der Waals surface area contributed by atoms with E-state index in [9.17, 15) is 0 Å². The standard InChI is InChI=1S/C14H17N3/c1-10-7-11-5-3-4-6-13(11)14(10)16-12-8-15-17(2)9-12/h3-6,8-10,14,16H,7H2,1-2H3/t10-,14-/m1/s1. The number of nitrogens with one attached hydrogen (secondary N) is 1. The zero-order chi connectivity index (χ0) is 11.8. The van der Waals surface area contributed by atoms with Crippen LogP contribution in [-0.2, 0) is 13.5 Å². The van der Waals surface area contributed by atoms with Gasteiger partial charge in [0.05, 0.1) is 17.9 Å². The topological polar surface area (TPSA) is 29.9 Å². The molecular formula is C14H17N3. The van der Waals surface area contributed by atoms with Crippen molar-refractivity contribution in [2.45, 2.75) is 19.4 Å². The van der Waals surface area contributed by atoms with Crippen molar-refractivity contribution >= 4 is 5.69 Å². The van der Waals surface area contributed by atoms with Crippen molar-refractivity contribution in [1.82, 2.24) is 9.78 Å². The predicted octanol–water partition coefficient (Wildman–Crippen LogP) is 2.77. The lowest BCUT2D eigenvalue weighted by Gasteiger charge is -2.18. The monoisotopic (exact) mass is 227 g/mol. The Morgan fingerprint density at radius 1 is 1.35 bits per heavy atom. The summed E-state index contributed by atoms with van der Waals surface area (Å²) < 4.78 is 1.83. The van der Waals surface area contributed by atoms with Gasteiger partial charge in [-0.05, 0) is 23.5 Å². The quantitative estimate of drug-likeness (QED) is 0.855. The molecule has 2 atom stereocenters. The van der Waals surface area contributed by atoms with Crippen LogP contribution < -0.4 is 5.32 Å². The third kappa shape index (κ3) is 1.82. The number of fused-ring (bicyclic) bond motifs is 1. The first kappa shape index (κ1) is 10.4. The molecule has 17 heavy (non-hydrogen) atoms. The molecule has 1 aliphatic carbocycles.